The van der Waals surface area contributed by atoms with Gasteiger partial charge in [-0.1, -0.05) is 25.4 Å². The van der Waals surface area contributed by atoms with Gasteiger partial charge in [0.25, 0.3) is 0 Å². The number of fused-ring (bicyclic) bond motifs is 1. The summed E-state index contributed by atoms with van der Waals surface area (Å²) in [5.74, 6) is 0. The van der Waals surface area contributed by atoms with Gasteiger partial charge >= 0.3 is 0 Å². The summed E-state index contributed by atoms with van der Waals surface area (Å²) in [5.41, 5.74) is 2.05. The van der Waals surface area contributed by atoms with Crippen molar-refractivity contribution in [2.45, 2.75) is 70.9 Å². The molecule has 1 saturated carbocycles. The van der Waals surface area contributed by atoms with Crippen LogP contribution in [-0.2, 0) is 6.42 Å². The summed E-state index contributed by atoms with van der Waals surface area (Å²) in [6.07, 6.45) is 9.18. The lowest BCUT2D eigenvalue weighted by Gasteiger charge is -2.37. The first-order valence-electron chi connectivity index (χ1n) is 7.58. The fourth-order valence-electron chi connectivity index (χ4n) is 3.54. The zero-order chi connectivity index (χ0) is 13.5. The molecule has 0 saturated heterocycles. The predicted molar refractivity (Wildman–Crippen MR) is 84.2 cm³/mol. The van der Waals surface area contributed by atoms with Gasteiger partial charge in [-0.2, -0.15) is 0 Å². The molecule has 1 heterocycles. The van der Waals surface area contributed by atoms with Crippen molar-refractivity contribution in [3.05, 3.63) is 20.8 Å². The molecule has 0 radical (unpaired) electrons. The Kier molecular flexibility index (Phi) is 3.94. The maximum atomic E-state index is 6.19. The molecule has 2 aliphatic carbocycles. The van der Waals surface area contributed by atoms with Crippen LogP contribution in [0.1, 0.15) is 68.9 Å². The van der Waals surface area contributed by atoms with Crippen molar-refractivity contribution in [1.82, 2.24) is 5.32 Å². The van der Waals surface area contributed by atoms with Crippen LogP contribution >= 0.6 is 22.9 Å². The molecule has 0 aromatic carbocycles. The Hall–Kier alpha value is -0.0500. The van der Waals surface area contributed by atoms with E-state index in [1.807, 2.05) is 0 Å². The molecule has 106 valence electrons. The van der Waals surface area contributed by atoms with E-state index in [1.54, 1.807) is 11.3 Å². The minimum atomic E-state index is 0.554. The fraction of sp³-hybridized carbons (Fsp3) is 0.750. The van der Waals surface area contributed by atoms with E-state index < -0.39 is 0 Å². The first-order valence-corrected chi connectivity index (χ1v) is 8.77. The van der Waals surface area contributed by atoms with Gasteiger partial charge in [0.05, 0.1) is 4.34 Å². The number of halogens is 1. The Morgan fingerprint density at radius 1 is 1.26 bits per heavy atom. The molecule has 3 heteroatoms. The van der Waals surface area contributed by atoms with E-state index in [4.69, 9.17) is 11.6 Å². The number of thiophene rings is 1. The Morgan fingerprint density at radius 2 is 2.00 bits per heavy atom. The van der Waals surface area contributed by atoms with Crippen LogP contribution in [0.2, 0.25) is 4.34 Å². The third-order valence-electron chi connectivity index (χ3n) is 4.86. The van der Waals surface area contributed by atoms with Gasteiger partial charge in [-0.25, -0.2) is 0 Å². The average Bonchev–Trinajstić information content (AvgIpc) is 2.73. The van der Waals surface area contributed by atoms with Crippen LogP contribution in [-0.4, -0.2) is 6.04 Å². The molecule has 1 fully saturated rings. The third-order valence-corrected chi connectivity index (χ3v) is 6.20. The van der Waals surface area contributed by atoms with E-state index in [9.17, 15) is 0 Å². The van der Waals surface area contributed by atoms with Gasteiger partial charge in [-0.15, -0.1) is 11.3 Å². The summed E-state index contributed by atoms with van der Waals surface area (Å²) in [6, 6.07) is 3.46. The van der Waals surface area contributed by atoms with Crippen LogP contribution < -0.4 is 5.32 Å². The molecule has 1 unspecified atom stereocenters. The highest BCUT2D eigenvalue weighted by Crippen LogP contribution is 2.40. The maximum absolute atomic E-state index is 6.19. The van der Waals surface area contributed by atoms with Crippen molar-refractivity contribution in [3.8, 4) is 0 Å². The van der Waals surface area contributed by atoms with Gasteiger partial charge in [-0.3, -0.25) is 0 Å². The average molecular weight is 298 g/mol. The van der Waals surface area contributed by atoms with Crippen molar-refractivity contribution in [2.24, 2.45) is 5.41 Å². The molecule has 1 atom stereocenters. The first kappa shape index (κ1) is 13.9. The highest BCUT2D eigenvalue weighted by molar-refractivity contribution is 7.16. The van der Waals surface area contributed by atoms with Gasteiger partial charge in [0.15, 0.2) is 0 Å². The standard InChI is InChI=1S/C16H24ClNS/c1-16(2)8-6-11(7-9-16)18-13-4-3-5-14-12(13)10-15(17)19-14/h10-11,13,18H,3-9H2,1-2H3. The van der Waals surface area contributed by atoms with Crippen molar-refractivity contribution in [2.75, 3.05) is 0 Å². The number of hydrogen-bond donors (Lipinski definition) is 1. The minimum absolute atomic E-state index is 0.554. The third kappa shape index (κ3) is 3.17. The molecular formula is C16H24ClNS. The Balaban J connectivity index is 1.65. The summed E-state index contributed by atoms with van der Waals surface area (Å²) in [6.45, 7) is 4.81. The minimum Gasteiger partial charge on any atom is -0.307 e. The van der Waals surface area contributed by atoms with Crippen LogP contribution in [0, 0.1) is 5.41 Å². The van der Waals surface area contributed by atoms with Gasteiger partial charge < -0.3 is 5.32 Å². The molecule has 1 N–H and O–H groups in total. The number of rotatable bonds is 2. The summed E-state index contributed by atoms with van der Waals surface area (Å²) < 4.78 is 0.962. The molecule has 1 aromatic heterocycles. The highest BCUT2D eigenvalue weighted by Gasteiger charge is 2.30. The second-order valence-corrected chi connectivity index (χ2v) is 8.75. The van der Waals surface area contributed by atoms with Gasteiger partial charge in [0.1, 0.15) is 0 Å². The molecule has 3 rings (SSSR count). The Labute approximate surface area is 125 Å². The zero-order valence-corrected chi connectivity index (χ0v) is 13.5. The number of nitrogens with one attached hydrogen (secondary N) is 1. The summed E-state index contributed by atoms with van der Waals surface area (Å²) in [4.78, 5) is 1.52. The molecule has 0 spiro atoms. The predicted octanol–water partition coefficient (Wildman–Crippen LogP) is 5.34. The van der Waals surface area contributed by atoms with E-state index in [2.05, 4.69) is 25.2 Å². The first-order chi connectivity index (χ1) is 9.03. The van der Waals surface area contributed by atoms with Crippen LogP contribution in [0.15, 0.2) is 6.07 Å². The molecule has 0 bridgehead atoms. The van der Waals surface area contributed by atoms with Crippen LogP contribution in [0.3, 0.4) is 0 Å². The normalized spacial score (nSPS) is 27.2. The van der Waals surface area contributed by atoms with E-state index >= 15 is 0 Å². The topological polar surface area (TPSA) is 12.0 Å². The Morgan fingerprint density at radius 3 is 2.74 bits per heavy atom. The van der Waals surface area contributed by atoms with Gasteiger partial charge in [0.2, 0.25) is 0 Å². The van der Waals surface area contributed by atoms with Crippen LogP contribution in [0.5, 0.6) is 0 Å². The quantitative estimate of drug-likeness (QED) is 0.777. The number of hydrogen-bond acceptors (Lipinski definition) is 2. The van der Waals surface area contributed by atoms with E-state index in [0.29, 0.717) is 17.5 Å². The van der Waals surface area contributed by atoms with Crippen molar-refractivity contribution in [3.63, 3.8) is 0 Å². The van der Waals surface area contributed by atoms with Gasteiger partial charge in [-0.05, 0) is 62.0 Å². The summed E-state index contributed by atoms with van der Waals surface area (Å²) in [5, 5.41) is 3.91. The lowest BCUT2D eigenvalue weighted by molar-refractivity contribution is 0.195. The SMILES string of the molecule is CC1(C)CCC(NC2CCCc3sc(Cl)cc32)CC1. The van der Waals surface area contributed by atoms with Crippen LogP contribution in [0.4, 0.5) is 0 Å². The number of aryl methyl sites for hydroxylation is 1. The molecular weight excluding hydrogens is 274 g/mol. The maximum Gasteiger partial charge on any atom is 0.0934 e. The van der Waals surface area contributed by atoms with Crippen molar-refractivity contribution < 1.29 is 0 Å². The van der Waals surface area contributed by atoms with Crippen molar-refractivity contribution in [1.29, 1.82) is 0 Å². The van der Waals surface area contributed by atoms with E-state index in [-0.39, 0.29) is 0 Å². The van der Waals surface area contributed by atoms with Crippen LogP contribution in [0.25, 0.3) is 0 Å². The molecule has 0 aliphatic heterocycles. The van der Waals surface area contributed by atoms with Crippen molar-refractivity contribution >= 4 is 22.9 Å². The Bertz CT molecular complexity index is 442. The lowest BCUT2D eigenvalue weighted by atomic mass is 9.75. The molecule has 2 aliphatic rings. The molecule has 1 aromatic rings. The molecule has 0 amide bonds. The smallest absolute Gasteiger partial charge is 0.0934 e. The van der Waals surface area contributed by atoms with E-state index in [1.165, 1.54) is 55.4 Å². The second-order valence-electron chi connectivity index (χ2n) is 6.98. The largest absolute Gasteiger partial charge is 0.307 e. The lowest BCUT2D eigenvalue weighted by Crippen LogP contribution is -2.38. The monoisotopic (exact) mass is 297 g/mol. The molecule has 19 heavy (non-hydrogen) atoms. The highest BCUT2D eigenvalue weighted by atomic mass is 35.5. The summed E-state index contributed by atoms with van der Waals surface area (Å²) >= 11 is 7.97. The molecule has 1 nitrogen and oxygen atoms in total. The van der Waals surface area contributed by atoms with E-state index in [0.717, 1.165) is 4.34 Å². The van der Waals surface area contributed by atoms with Gasteiger partial charge in [0, 0.05) is 17.0 Å². The fourth-order valence-corrected chi connectivity index (χ4v) is 4.93. The zero-order valence-electron chi connectivity index (χ0n) is 12.0. The summed E-state index contributed by atoms with van der Waals surface area (Å²) in [7, 11) is 0. The second kappa shape index (κ2) is 5.38.